The predicted octanol–water partition coefficient (Wildman–Crippen LogP) is 13.4. The third-order valence-electron chi connectivity index (χ3n) is 11.5. The van der Waals surface area contributed by atoms with Crippen molar-refractivity contribution in [3.8, 4) is 44.5 Å². The van der Waals surface area contributed by atoms with Crippen LogP contribution in [0.2, 0.25) is 0 Å². The van der Waals surface area contributed by atoms with Crippen molar-refractivity contribution in [1.29, 1.82) is 0 Å². The average molecular weight is 660 g/mol. The number of hydrogen-bond acceptors (Lipinski definition) is 1. The molecule has 0 atom stereocenters. The van der Waals surface area contributed by atoms with Gasteiger partial charge in [-0.2, -0.15) is 0 Å². The second-order valence-corrected chi connectivity index (χ2v) is 14.1. The molecule has 0 radical (unpaired) electrons. The average Bonchev–Trinajstić information content (AvgIpc) is 3.68. The van der Waals surface area contributed by atoms with Crippen LogP contribution >= 0.6 is 0 Å². The molecule has 52 heavy (non-hydrogen) atoms. The van der Waals surface area contributed by atoms with Crippen LogP contribution in [0.3, 0.4) is 0 Å². The van der Waals surface area contributed by atoms with E-state index in [4.69, 9.17) is 0 Å². The Morgan fingerprint density at radius 1 is 0.288 bits per heavy atom. The highest BCUT2D eigenvalue weighted by molar-refractivity contribution is 6.09. The molecule has 242 valence electrons. The quantitative estimate of drug-likeness (QED) is 0.198. The van der Waals surface area contributed by atoms with E-state index in [1.54, 1.807) is 0 Å². The van der Waals surface area contributed by atoms with Gasteiger partial charge in [-0.15, -0.1) is 0 Å². The van der Waals surface area contributed by atoms with E-state index in [0.29, 0.717) is 0 Å². The molecule has 0 bridgehead atoms. The van der Waals surface area contributed by atoms with Crippen LogP contribution in [-0.2, 0) is 5.41 Å². The van der Waals surface area contributed by atoms with Crippen LogP contribution < -0.4 is 5.32 Å². The molecule has 1 spiro atoms. The fraction of sp³-hybridized carbons (Fsp3) is 0.0196. The molecule has 0 unspecified atom stereocenters. The van der Waals surface area contributed by atoms with Crippen molar-refractivity contribution < 1.29 is 0 Å². The van der Waals surface area contributed by atoms with Crippen molar-refractivity contribution in [2.75, 3.05) is 5.32 Å². The Bertz CT molecular complexity index is 2810. The first-order valence-corrected chi connectivity index (χ1v) is 18.1. The van der Waals surface area contributed by atoms with Gasteiger partial charge in [0.05, 0.1) is 5.41 Å². The molecule has 0 saturated carbocycles. The molecule has 0 amide bonds. The van der Waals surface area contributed by atoms with Gasteiger partial charge in [-0.25, -0.2) is 0 Å². The Labute approximate surface area is 303 Å². The summed E-state index contributed by atoms with van der Waals surface area (Å²) in [5.74, 6) is 0. The molecule has 9 aromatic carbocycles. The minimum absolute atomic E-state index is 0.347. The minimum atomic E-state index is -0.347. The Hall–Kier alpha value is -6.70. The van der Waals surface area contributed by atoms with Crippen LogP contribution in [0.1, 0.15) is 22.3 Å². The summed E-state index contributed by atoms with van der Waals surface area (Å²) in [6.45, 7) is 0. The number of benzene rings is 9. The first kappa shape index (κ1) is 29.1. The van der Waals surface area contributed by atoms with Gasteiger partial charge in [-0.1, -0.05) is 170 Å². The van der Waals surface area contributed by atoms with E-state index in [1.165, 1.54) is 88.3 Å². The van der Waals surface area contributed by atoms with Crippen molar-refractivity contribution in [2.24, 2.45) is 0 Å². The maximum atomic E-state index is 3.78. The summed E-state index contributed by atoms with van der Waals surface area (Å²) in [4.78, 5) is 0. The van der Waals surface area contributed by atoms with E-state index in [2.05, 4.69) is 199 Å². The van der Waals surface area contributed by atoms with Crippen molar-refractivity contribution in [3.63, 3.8) is 0 Å². The summed E-state index contributed by atoms with van der Waals surface area (Å²) >= 11 is 0. The number of fused-ring (bicyclic) bond motifs is 12. The van der Waals surface area contributed by atoms with Gasteiger partial charge in [-0.3, -0.25) is 0 Å². The predicted molar refractivity (Wildman–Crippen MR) is 218 cm³/mol. The van der Waals surface area contributed by atoms with Gasteiger partial charge in [0, 0.05) is 11.4 Å². The fourth-order valence-corrected chi connectivity index (χ4v) is 9.33. The highest BCUT2D eigenvalue weighted by atomic mass is 14.9. The third kappa shape index (κ3) is 4.05. The van der Waals surface area contributed by atoms with Crippen molar-refractivity contribution in [3.05, 3.63) is 216 Å². The van der Waals surface area contributed by atoms with Crippen LogP contribution in [0.15, 0.2) is 194 Å². The van der Waals surface area contributed by atoms with Crippen LogP contribution in [0, 0.1) is 0 Å². The summed E-state index contributed by atoms with van der Waals surface area (Å²) in [6.07, 6.45) is 0. The van der Waals surface area contributed by atoms with Crippen molar-refractivity contribution in [2.45, 2.75) is 5.41 Å². The molecule has 0 saturated heterocycles. The molecule has 0 heterocycles. The zero-order valence-corrected chi connectivity index (χ0v) is 28.5. The normalized spacial score (nSPS) is 13.2. The highest BCUT2D eigenvalue weighted by Crippen LogP contribution is 2.63. The van der Waals surface area contributed by atoms with Crippen LogP contribution in [0.5, 0.6) is 0 Å². The SMILES string of the molecule is c1ccc2c(c1)-c1ccccc1C21c2ccccc2-c2ccc(Nc3ccc(-c4cccc5c(-c6cccc7ccccc67)cccc45)cc3)cc21. The molecule has 9 aromatic rings. The van der Waals surface area contributed by atoms with E-state index in [9.17, 15) is 0 Å². The second-order valence-electron chi connectivity index (χ2n) is 14.1. The number of nitrogens with one attached hydrogen (secondary N) is 1. The highest BCUT2D eigenvalue weighted by Gasteiger charge is 2.51. The van der Waals surface area contributed by atoms with E-state index >= 15 is 0 Å². The maximum absolute atomic E-state index is 3.78. The summed E-state index contributed by atoms with van der Waals surface area (Å²) in [6, 6.07) is 71.4. The summed E-state index contributed by atoms with van der Waals surface area (Å²) in [5, 5.41) is 8.84. The summed E-state index contributed by atoms with van der Waals surface area (Å²) in [5.41, 5.74) is 17.5. The van der Waals surface area contributed by atoms with Gasteiger partial charge in [0.15, 0.2) is 0 Å². The first-order chi connectivity index (χ1) is 25.8. The fourth-order valence-electron chi connectivity index (χ4n) is 9.33. The molecule has 2 aliphatic carbocycles. The molecule has 1 N–H and O–H groups in total. The largest absolute Gasteiger partial charge is 0.356 e. The number of anilines is 2. The van der Waals surface area contributed by atoms with E-state index in [1.807, 2.05) is 0 Å². The van der Waals surface area contributed by atoms with Gasteiger partial charge >= 0.3 is 0 Å². The Morgan fingerprint density at radius 3 is 1.40 bits per heavy atom. The van der Waals surface area contributed by atoms with Gasteiger partial charge in [0.1, 0.15) is 0 Å². The zero-order chi connectivity index (χ0) is 34.2. The summed E-state index contributed by atoms with van der Waals surface area (Å²) in [7, 11) is 0. The van der Waals surface area contributed by atoms with Crippen LogP contribution in [0.25, 0.3) is 66.1 Å². The second kappa shape index (κ2) is 11.2. The molecule has 0 aliphatic heterocycles. The van der Waals surface area contributed by atoms with Gasteiger partial charge in [-0.05, 0) is 113 Å². The molecule has 2 aliphatic rings. The van der Waals surface area contributed by atoms with E-state index in [-0.39, 0.29) is 5.41 Å². The number of rotatable bonds is 4. The van der Waals surface area contributed by atoms with E-state index < -0.39 is 0 Å². The minimum Gasteiger partial charge on any atom is -0.356 e. The smallest absolute Gasteiger partial charge is 0.0726 e. The van der Waals surface area contributed by atoms with Gasteiger partial charge < -0.3 is 5.32 Å². The Morgan fingerprint density at radius 2 is 0.731 bits per heavy atom. The third-order valence-corrected chi connectivity index (χ3v) is 11.5. The monoisotopic (exact) mass is 659 g/mol. The standard InChI is InChI=1S/C51H33N/c1-2-14-37-33(12-1)13-9-19-39(37)42-22-11-20-40-38(18-10-21-41(40)42)34-26-28-35(29-27-34)52-36-30-31-46-45-17-5-8-25-49(45)51(50(46)32-36)47-23-6-3-15-43(47)44-16-4-7-24-48(44)51/h1-32,52H. The Balaban J connectivity index is 0.977. The number of hydrogen-bond donors (Lipinski definition) is 1. The molecular formula is C51H33N. The zero-order valence-electron chi connectivity index (χ0n) is 28.5. The van der Waals surface area contributed by atoms with Crippen LogP contribution in [-0.4, -0.2) is 0 Å². The van der Waals surface area contributed by atoms with Gasteiger partial charge in [0.2, 0.25) is 0 Å². The molecule has 0 aromatic heterocycles. The lowest BCUT2D eigenvalue weighted by atomic mass is 9.70. The maximum Gasteiger partial charge on any atom is 0.0726 e. The van der Waals surface area contributed by atoms with Crippen molar-refractivity contribution >= 4 is 32.9 Å². The molecule has 0 fully saturated rings. The van der Waals surface area contributed by atoms with Crippen LogP contribution in [0.4, 0.5) is 11.4 Å². The Kier molecular flexibility index (Phi) is 6.23. The van der Waals surface area contributed by atoms with Gasteiger partial charge in [0.25, 0.3) is 0 Å². The molecule has 11 rings (SSSR count). The van der Waals surface area contributed by atoms with Crippen molar-refractivity contribution in [1.82, 2.24) is 0 Å². The molecule has 1 heteroatoms. The van der Waals surface area contributed by atoms with E-state index in [0.717, 1.165) is 11.4 Å². The summed E-state index contributed by atoms with van der Waals surface area (Å²) < 4.78 is 0. The molecular weight excluding hydrogens is 627 g/mol. The lowest BCUT2D eigenvalue weighted by Gasteiger charge is -2.30. The first-order valence-electron chi connectivity index (χ1n) is 18.1. The topological polar surface area (TPSA) is 12.0 Å². The lowest BCUT2D eigenvalue weighted by Crippen LogP contribution is -2.25. The lowest BCUT2D eigenvalue weighted by molar-refractivity contribution is 0.794. The molecule has 1 nitrogen and oxygen atoms in total.